The lowest BCUT2D eigenvalue weighted by atomic mass is 9.92. The largest absolute Gasteiger partial charge is 0.330 e. The van der Waals surface area contributed by atoms with Crippen LogP contribution in [0.1, 0.15) is 50.2 Å². The molecule has 1 heteroatoms. The lowest BCUT2D eigenvalue weighted by Gasteiger charge is -2.15. The molecule has 1 unspecified atom stereocenters. The predicted molar refractivity (Wildman–Crippen MR) is 62.6 cm³/mol. The summed E-state index contributed by atoms with van der Waals surface area (Å²) in [6.07, 6.45) is 1.12. The average Bonchev–Trinajstić information content (AvgIpc) is 2.20. The fourth-order valence-electron chi connectivity index (χ4n) is 1.71. The minimum Gasteiger partial charge on any atom is -0.330 e. The first-order chi connectivity index (χ1) is 6.69. The van der Waals surface area contributed by atoms with Crippen LogP contribution in [-0.2, 0) is 0 Å². The molecule has 0 amide bonds. The number of hydrogen-bond acceptors (Lipinski definition) is 1. The molecule has 0 bridgehead atoms. The van der Waals surface area contributed by atoms with Crippen LogP contribution in [0.15, 0.2) is 24.3 Å². The Kier molecular flexibility index (Phi) is 4.15. The summed E-state index contributed by atoms with van der Waals surface area (Å²) in [5.41, 5.74) is 8.54. The first-order valence-electron chi connectivity index (χ1n) is 5.49. The molecule has 0 heterocycles. The molecule has 0 saturated heterocycles. The summed E-state index contributed by atoms with van der Waals surface area (Å²) in [4.78, 5) is 0. The van der Waals surface area contributed by atoms with Crippen molar-refractivity contribution in [1.82, 2.24) is 0 Å². The average molecular weight is 191 g/mol. The highest BCUT2D eigenvalue weighted by Crippen LogP contribution is 2.22. The van der Waals surface area contributed by atoms with Gasteiger partial charge in [-0.2, -0.15) is 0 Å². The Morgan fingerprint density at radius 3 is 2.36 bits per heavy atom. The maximum Gasteiger partial charge on any atom is -0.000834 e. The van der Waals surface area contributed by atoms with E-state index in [4.69, 9.17) is 5.73 Å². The summed E-state index contributed by atoms with van der Waals surface area (Å²) in [5.74, 6) is 1.12. The van der Waals surface area contributed by atoms with Gasteiger partial charge in [-0.05, 0) is 35.9 Å². The van der Waals surface area contributed by atoms with Crippen molar-refractivity contribution >= 4 is 0 Å². The number of benzene rings is 1. The second kappa shape index (κ2) is 5.16. The highest BCUT2D eigenvalue weighted by molar-refractivity contribution is 5.28. The van der Waals surface area contributed by atoms with Crippen LogP contribution >= 0.6 is 0 Å². The molecule has 0 aliphatic rings. The molecule has 0 radical (unpaired) electrons. The van der Waals surface area contributed by atoms with Gasteiger partial charge in [0, 0.05) is 0 Å². The van der Waals surface area contributed by atoms with Gasteiger partial charge in [-0.3, -0.25) is 0 Å². The minimum absolute atomic E-state index is 0.522. The molecule has 1 nitrogen and oxygen atoms in total. The standard InChI is InChI=1S/C13H21N/c1-4-11(9-14)13-7-5-6-12(8-13)10(2)3/h5-8,10-11H,4,9,14H2,1-3H3. The molecule has 0 aromatic heterocycles. The van der Waals surface area contributed by atoms with Gasteiger partial charge in [-0.25, -0.2) is 0 Å². The zero-order chi connectivity index (χ0) is 10.6. The molecule has 1 atom stereocenters. The van der Waals surface area contributed by atoms with Crippen molar-refractivity contribution in [2.24, 2.45) is 5.73 Å². The zero-order valence-corrected chi connectivity index (χ0v) is 9.46. The molecule has 1 aromatic rings. The van der Waals surface area contributed by atoms with Crippen LogP contribution in [0.3, 0.4) is 0 Å². The highest BCUT2D eigenvalue weighted by Gasteiger charge is 2.08. The Bertz CT molecular complexity index is 274. The van der Waals surface area contributed by atoms with Gasteiger partial charge in [0.25, 0.3) is 0 Å². The van der Waals surface area contributed by atoms with E-state index in [0.29, 0.717) is 11.8 Å². The van der Waals surface area contributed by atoms with Crippen LogP contribution in [0.5, 0.6) is 0 Å². The fraction of sp³-hybridized carbons (Fsp3) is 0.538. The van der Waals surface area contributed by atoms with E-state index < -0.39 is 0 Å². The van der Waals surface area contributed by atoms with Crippen LogP contribution in [0.25, 0.3) is 0 Å². The molecule has 0 spiro atoms. The van der Waals surface area contributed by atoms with Crippen molar-refractivity contribution in [2.45, 2.75) is 39.0 Å². The van der Waals surface area contributed by atoms with E-state index in [1.165, 1.54) is 11.1 Å². The zero-order valence-electron chi connectivity index (χ0n) is 9.46. The lowest BCUT2D eigenvalue weighted by Crippen LogP contribution is -2.11. The van der Waals surface area contributed by atoms with Crippen molar-refractivity contribution in [1.29, 1.82) is 0 Å². The quantitative estimate of drug-likeness (QED) is 0.776. The van der Waals surface area contributed by atoms with Gasteiger partial charge in [0.2, 0.25) is 0 Å². The number of rotatable bonds is 4. The summed E-state index contributed by atoms with van der Waals surface area (Å²) < 4.78 is 0. The van der Waals surface area contributed by atoms with E-state index in [0.717, 1.165) is 13.0 Å². The van der Waals surface area contributed by atoms with E-state index >= 15 is 0 Å². The summed E-state index contributed by atoms with van der Waals surface area (Å²) in [7, 11) is 0. The second-order valence-corrected chi connectivity index (χ2v) is 4.17. The molecular weight excluding hydrogens is 170 g/mol. The fourth-order valence-corrected chi connectivity index (χ4v) is 1.71. The Morgan fingerprint density at radius 1 is 1.21 bits per heavy atom. The van der Waals surface area contributed by atoms with E-state index in [2.05, 4.69) is 45.0 Å². The van der Waals surface area contributed by atoms with Crippen molar-refractivity contribution in [3.05, 3.63) is 35.4 Å². The molecule has 0 fully saturated rings. The first-order valence-corrected chi connectivity index (χ1v) is 5.49. The Balaban J connectivity index is 2.92. The normalized spacial score (nSPS) is 13.2. The Hall–Kier alpha value is -0.820. The third-order valence-corrected chi connectivity index (χ3v) is 2.83. The third-order valence-electron chi connectivity index (χ3n) is 2.83. The molecule has 78 valence electrons. The van der Waals surface area contributed by atoms with Gasteiger partial charge >= 0.3 is 0 Å². The van der Waals surface area contributed by atoms with Gasteiger partial charge in [0.05, 0.1) is 0 Å². The topological polar surface area (TPSA) is 26.0 Å². The molecular formula is C13H21N. The van der Waals surface area contributed by atoms with Crippen molar-refractivity contribution in [3.8, 4) is 0 Å². The first kappa shape index (κ1) is 11.3. The monoisotopic (exact) mass is 191 g/mol. The number of nitrogens with two attached hydrogens (primary N) is 1. The molecule has 0 aliphatic heterocycles. The van der Waals surface area contributed by atoms with Gasteiger partial charge in [0.15, 0.2) is 0 Å². The molecule has 0 aliphatic carbocycles. The van der Waals surface area contributed by atoms with E-state index in [1.807, 2.05) is 0 Å². The molecule has 2 N–H and O–H groups in total. The summed E-state index contributed by atoms with van der Waals surface area (Å²) >= 11 is 0. The Morgan fingerprint density at radius 2 is 1.86 bits per heavy atom. The van der Waals surface area contributed by atoms with Crippen molar-refractivity contribution in [3.63, 3.8) is 0 Å². The van der Waals surface area contributed by atoms with Crippen LogP contribution in [0.4, 0.5) is 0 Å². The Labute approximate surface area is 87.3 Å². The van der Waals surface area contributed by atoms with Crippen LogP contribution in [-0.4, -0.2) is 6.54 Å². The van der Waals surface area contributed by atoms with E-state index in [1.54, 1.807) is 0 Å². The predicted octanol–water partition coefficient (Wildman–Crippen LogP) is 3.26. The van der Waals surface area contributed by atoms with Gasteiger partial charge in [-0.1, -0.05) is 45.0 Å². The molecule has 1 rings (SSSR count). The summed E-state index contributed by atoms with van der Waals surface area (Å²) in [6, 6.07) is 8.82. The molecule has 1 aromatic carbocycles. The van der Waals surface area contributed by atoms with Crippen molar-refractivity contribution in [2.75, 3.05) is 6.54 Å². The third kappa shape index (κ3) is 2.58. The second-order valence-electron chi connectivity index (χ2n) is 4.17. The minimum atomic E-state index is 0.522. The maximum atomic E-state index is 5.74. The SMILES string of the molecule is CCC(CN)c1cccc(C(C)C)c1. The van der Waals surface area contributed by atoms with Crippen molar-refractivity contribution < 1.29 is 0 Å². The number of hydrogen-bond donors (Lipinski definition) is 1. The van der Waals surface area contributed by atoms with Crippen LogP contribution in [0, 0.1) is 0 Å². The van der Waals surface area contributed by atoms with Crippen LogP contribution < -0.4 is 5.73 Å². The van der Waals surface area contributed by atoms with Crippen LogP contribution in [0.2, 0.25) is 0 Å². The maximum absolute atomic E-state index is 5.74. The van der Waals surface area contributed by atoms with E-state index in [-0.39, 0.29) is 0 Å². The smallest absolute Gasteiger partial charge is 0.000834 e. The van der Waals surface area contributed by atoms with Gasteiger partial charge < -0.3 is 5.73 Å². The molecule has 14 heavy (non-hydrogen) atoms. The highest BCUT2D eigenvalue weighted by atomic mass is 14.5. The van der Waals surface area contributed by atoms with Gasteiger partial charge in [-0.15, -0.1) is 0 Å². The summed E-state index contributed by atoms with van der Waals surface area (Å²) in [6.45, 7) is 7.39. The lowest BCUT2D eigenvalue weighted by molar-refractivity contribution is 0.672. The molecule has 0 saturated carbocycles. The van der Waals surface area contributed by atoms with E-state index in [9.17, 15) is 0 Å². The summed E-state index contributed by atoms with van der Waals surface area (Å²) in [5, 5.41) is 0. The van der Waals surface area contributed by atoms with Gasteiger partial charge in [0.1, 0.15) is 0 Å².